The number of aliphatic hydroxyl groups excluding tert-OH is 2. The third-order valence-corrected chi connectivity index (χ3v) is 13.4. The van der Waals surface area contributed by atoms with Crippen molar-refractivity contribution in [3.05, 3.63) is 11.6 Å². The van der Waals surface area contributed by atoms with Crippen molar-refractivity contribution >= 4 is 5.97 Å². The Kier molecular flexibility index (Phi) is 5.36. The Morgan fingerprint density at radius 2 is 1.62 bits per heavy atom. The van der Waals surface area contributed by atoms with Gasteiger partial charge in [0.2, 0.25) is 0 Å². The zero-order valence-corrected chi connectivity index (χ0v) is 22.5. The monoisotopic (exact) mass is 472 g/mol. The number of aliphatic carboxylic acids is 1. The molecule has 0 spiro atoms. The van der Waals surface area contributed by atoms with Gasteiger partial charge in [-0.25, -0.2) is 0 Å². The molecule has 0 saturated heterocycles. The van der Waals surface area contributed by atoms with Gasteiger partial charge in [0.15, 0.2) is 0 Å². The number of fused-ring (bicyclic) bond motifs is 7. The molecule has 4 unspecified atom stereocenters. The van der Waals surface area contributed by atoms with E-state index in [1.165, 1.54) is 5.57 Å². The number of rotatable bonds is 1. The Hall–Kier alpha value is -0.870. The predicted octanol–water partition coefficient (Wildman–Crippen LogP) is 6.06. The van der Waals surface area contributed by atoms with Crippen molar-refractivity contribution in [1.82, 2.24) is 0 Å². The summed E-state index contributed by atoms with van der Waals surface area (Å²) >= 11 is 0. The van der Waals surface area contributed by atoms with Crippen molar-refractivity contribution < 1.29 is 20.1 Å². The third-order valence-electron chi connectivity index (χ3n) is 13.4. The molecule has 192 valence electrons. The Labute approximate surface area is 206 Å². The molecule has 11 atom stereocenters. The Morgan fingerprint density at radius 3 is 2.26 bits per heavy atom. The topological polar surface area (TPSA) is 77.8 Å². The van der Waals surface area contributed by atoms with Crippen LogP contribution < -0.4 is 0 Å². The number of hydrogen-bond donors (Lipinski definition) is 3. The van der Waals surface area contributed by atoms with Gasteiger partial charge in [0.1, 0.15) is 0 Å². The summed E-state index contributed by atoms with van der Waals surface area (Å²) in [6.07, 6.45) is 8.53. The molecule has 5 aliphatic rings. The molecule has 34 heavy (non-hydrogen) atoms. The zero-order valence-electron chi connectivity index (χ0n) is 22.5. The van der Waals surface area contributed by atoms with E-state index in [2.05, 4.69) is 54.5 Å². The fourth-order valence-corrected chi connectivity index (χ4v) is 11.0. The molecule has 0 amide bonds. The SMILES string of the molecule is CC1CC[C@]2(C(=O)O)CC[C@]3(C)C(=CCC4[C@@]5(C)C[C@@H](O)[C@@H](O)C(C)(C)C5CC[C@]43C)C2[C@H]1C. The molecule has 0 heterocycles. The first kappa shape index (κ1) is 24.8. The van der Waals surface area contributed by atoms with Crippen LogP contribution in [0.15, 0.2) is 11.6 Å². The van der Waals surface area contributed by atoms with Gasteiger partial charge < -0.3 is 15.3 Å². The van der Waals surface area contributed by atoms with Crippen LogP contribution >= 0.6 is 0 Å². The van der Waals surface area contributed by atoms with Crippen LogP contribution in [0.3, 0.4) is 0 Å². The molecule has 5 rings (SSSR count). The van der Waals surface area contributed by atoms with Crippen LogP contribution in [0.5, 0.6) is 0 Å². The molecule has 0 aromatic carbocycles. The molecule has 4 saturated carbocycles. The summed E-state index contributed by atoms with van der Waals surface area (Å²) < 4.78 is 0. The predicted molar refractivity (Wildman–Crippen MR) is 134 cm³/mol. The second-order valence-corrected chi connectivity index (χ2v) is 14.6. The van der Waals surface area contributed by atoms with Crippen LogP contribution in [0.2, 0.25) is 0 Å². The van der Waals surface area contributed by atoms with E-state index < -0.39 is 23.6 Å². The zero-order chi connectivity index (χ0) is 25.1. The van der Waals surface area contributed by atoms with Crippen molar-refractivity contribution in [2.75, 3.05) is 0 Å². The number of carboxylic acid groups (broad SMARTS) is 1. The normalized spacial score (nSPS) is 56.3. The fourth-order valence-electron chi connectivity index (χ4n) is 11.0. The summed E-state index contributed by atoms with van der Waals surface area (Å²) in [5, 5.41) is 32.4. The highest BCUT2D eigenvalue weighted by atomic mass is 16.4. The second-order valence-electron chi connectivity index (χ2n) is 14.6. The first-order chi connectivity index (χ1) is 15.7. The molecule has 4 nitrogen and oxygen atoms in total. The summed E-state index contributed by atoms with van der Waals surface area (Å²) in [6, 6.07) is 0. The van der Waals surface area contributed by atoms with E-state index >= 15 is 0 Å². The lowest BCUT2D eigenvalue weighted by atomic mass is 9.33. The maximum absolute atomic E-state index is 12.8. The van der Waals surface area contributed by atoms with Crippen molar-refractivity contribution in [1.29, 1.82) is 0 Å². The number of hydrogen-bond acceptors (Lipinski definition) is 3. The molecule has 0 aliphatic heterocycles. The average Bonchev–Trinajstić information content (AvgIpc) is 2.75. The molecule has 0 aromatic heterocycles. The van der Waals surface area contributed by atoms with Crippen LogP contribution in [-0.4, -0.2) is 33.5 Å². The minimum absolute atomic E-state index is 0.00993. The van der Waals surface area contributed by atoms with E-state index in [0.29, 0.717) is 30.1 Å². The number of allylic oxidation sites excluding steroid dienone is 2. The number of carbonyl (C=O) groups is 1. The van der Waals surface area contributed by atoms with Crippen LogP contribution in [-0.2, 0) is 4.79 Å². The summed E-state index contributed by atoms with van der Waals surface area (Å²) in [5.41, 5.74) is 0.574. The minimum Gasteiger partial charge on any atom is -0.481 e. The van der Waals surface area contributed by atoms with Crippen LogP contribution in [0.25, 0.3) is 0 Å². The first-order valence-electron chi connectivity index (χ1n) is 14.0. The van der Waals surface area contributed by atoms with E-state index in [-0.39, 0.29) is 27.6 Å². The highest BCUT2D eigenvalue weighted by molar-refractivity contribution is 5.76. The maximum Gasteiger partial charge on any atom is 0.310 e. The third kappa shape index (κ3) is 2.76. The first-order valence-corrected chi connectivity index (χ1v) is 14.0. The lowest BCUT2D eigenvalue weighted by Gasteiger charge is -2.71. The van der Waals surface area contributed by atoms with Gasteiger partial charge in [-0.05, 0) is 103 Å². The van der Waals surface area contributed by atoms with Gasteiger partial charge in [-0.3, -0.25) is 4.79 Å². The average molecular weight is 473 g/mol. The molecule has 5 aliphatic carbocycles. The van der Waals surface area contributed by atoms with Crippen molar-refractivity contribution in [2.24, 2.45) is 56.7 Å². The maximum atomic E-state index is 12.8. The molecule has 0 aromatic rings. The summed E-state index contributed by atoms with van der Waals surface area (Å²) in [5.74, 6) is 1.30. The van der Waals surface area contributed by atoms with Crippen LogP contribution in [0, 0.1) is 56.7 Å². The Morgan fingerprint density at radius 1 is 0.941 bits per heavy atom. The van der Waals surface area contributed by atoms with Crippen LogP contribution in [0.1, 0.15) is 99.8 Å². The summed E-state index contributed by atoms with van der Waals surface area (Å²) in [6.45, 7) is 16.3. The van der Waals surface area contributed by atoms with Gasteiger partial charge >= 0.3 is 5.97 Å². The van der Waals surface area contributed by atoms with Gasteiger partial charge in [-0.2, -0.15) is 0 Å². The van der Waals surface area contributed by atoms with Gasteiger partial charge in [0.25, 0.3) is 0 Å². The van der Waals surface area contributed by atoms with Crippen molar-refractivity contribution in [3.63, 3.8) is 0 Å². The Balaban J connectivity index is 1.62. The fraction of sp³-hybridized carbons (Fsp3) is 0.900. The highest BCUT2D eigenvalue weighted by Gasteiger charge is 2.70. The number of carboxylic acids is 1. The molecule has 0 radical (unpaired) electrons. The van der Waals surface area contributed by atoms with Crippen molar-refractivity contribution in [2.45, 2.75) is 112 Å². The lowest BCUT2D eigenvalue weighted by molar-refractivity contribution is -0.232. The van der Waals surface area contributed by atoms with E-state index in [1.807, 2.05) is 0 Å². The second kappa shape index (κ2) is 7.34. The quantitative estimate of drug-likeness (QED) is 0.405. The van der Waals surface area contributed by atoms with Gasteiger partial charge in [-0.15, -0.1) is 0 Å². The van der Waals surface area contributed by atoms with E-state index in [9.17, 15) is 20.1 Å². The molecular formula is C30H48O4. The summed E-state index contributed by atoms with van der Waals surface area (Å²) in [7, 11) is 0. The molecule has 3 N–H and O–H groups in total. The molecule has 4 heteroatoms. The van der Waals surface area contributed by atoms with Gasteiger partial charge in [-0.1, -0.05) is 60.1 Å². The smallest absolute Gasteiger partial charge is 0.310 e. The molecule has 0 bridgehead atoms. The van der Waals surface area contributed by atoms with E-state index in [4.69, 9.17) is 0 Å². The Bertz CT molecular complexity index is 907. The largest absolute Gasteiger partial charge is 0.481 e. The standard InChI is InChI=1S/C30H48O4/c1-17-10-13-30(25(33)34)15-14-28(6)19(23(30)18(17)2)8-9-22-27(5)16-20(31)24(32)26(3,4)21(27)11-12-29(22,28)7/h8,17-18,20-24,31-32H,9-16H2,1-7H3,(H,33,34)/t17?,18-,20+,21?,22?,23?,24+,27-,28+,29+,30-/m0/s1. The van der Waals surface area contributed by atoms with E-state index in [1.54, 1.807) is 0 Å². The lowest BCUT2D eigenvalue weighted by Crippen LogP contribution is -2.67. The van der Waals surface area contributed by atoms with E-state index in [0.717, 1.165) is 44.9 Å². The summed E-state index contributed by atoms with van der Waals surface area (Å²) in [4.78, 5) is 12.8. The van der Waals surface area contributed by atoms with Crippen molar-refractivity contribution in [3.8, 4) is 0 Å². The molecular weight excluding hydrogens is 424 g/mol. The van der Waals surface area contributed by atoms with Gasteiger partial charge in [0, 0.05) is 0 Å². The van der Waals surface area contributed by atoms with Gasteiger partial charge in [0.05, 0.1) is 17.6 Å². The molecule has 4 fully saturated rings. The highest BCUT2D eigenvalue weighted by Crippen LogP contribution is 2.75. The minimum atomic E-state index is -0.679. The van der Waals surface area contributed by atoms with Crippen LogP contribution in [0.4, 0.5) is 0 Å². The number of aliphatic hydroxyl groups is 2.